The first-order valence-corrected chi connectivity index (χ1v) is 8.93. The zero-order valence-corrected chi connectivity index (χ0v) is 14.7. The van der Waals surface area contributed by atoms with E-state index in [9.17, 15) is 23.3 Å². The second-order valence-electron chi connectivity index (χ2n) is 5.39. The minimum Gasteiger partial charge on any atom is -0.460 e. The molecule has 0 atom stereocenters. The van der Waals surface area contributed by atoms with Crippen molar-refractivity contribution in [1.82, 2.24) is 4.72 Å². The number of sulfonamides is 1. The largest absolute Gasteiger partial charge is 0.460 e. The van der Waals surface area contributed by atoms with Gasteiger partial charge in [-0.3, -0.25) is 14.9 Å². The number of anilines is 1. The maximum absolute atomic E-state index is 12.2. The second kappa shape index (κ2) is 7.93. The third-order valence-corrected chi connectivity index (χ3v) is 4.96. The first kappa shape index (κ1) is 19.3. The predicted molar refractivity (Wildman–Crippen MR) is 93.7 cm³/mol. The molecule has 10 heteroatoms. The van der Waals surface area contributed by atoms with Crippen LogP contribution in [0.25, 0.3) is 0 Å². The molecule has 0 radical (unpaired) electrons. The van der Waals surface area contributed by atoms with Gasteiger partial charge in [-0.1, -0.05) is 24.3 Å². The summed E-state index contributed by atoms with van der Waals surface area (Å²) in [4.78, 5) is 21.5. The zero-order valence-electron chi connectivity index (χ0n) is 13.8. The normalized spacial score (nSPS) is 11.1. The van der Waals surface area contributed by atoms with Crippen LogP contribution in [0.5, 0.6) is 0 Å². The zero-order chi connectivity index (χ0) is 19.3. The van der Waals surface area contributed by atoms with Crippen LogP contribution in [0.3, 0.4) is 0 Å². The summed E-state index contributed by atoms with van der Waals surface area (Å²) in [5.74, 6) is -0.776. The Morgan fingerprint density at radius 3 is 2.62 bits per heavy atom. The number of aryl methyl sites for hydroxylation is 1. The van der Waals surface area contributed by atoms with E-state index in [-0.39, 0.29) is 17.2 Å². The summed E-state index contributed by atoms with van der Waals surface area (Å²) >= 11 is 0. The third kappa shape index (κ3) is 4.77. The smallest absolute Gasteiger partial charge is 0.321 e. The van der Waals surface area contributed by atoms with Gasteiger partial charge in [0.2, 0.25) is 10.0 Å². The van der Waals surface area contributed by atoms with Gasteiger partial charge in [0.05, 0.1) is 9.82 Å². The molecular weight excluding hydrogens is 362 g/mol. The van der Waals surface area contributed by atoms with Crippen molar-refractivity contribution < 1.29 is 22.9 Å². The van der Waals surface area contributed by atoms with Crippen molar-refractivity contribution in [2.24, 2.45) is 0 Å². The van der Waals surface area contributed by atoms with Gasteiger partial charge in [-0.2, -0.15) is 4.72 Å². The monoisotopic (exact) mass is 379 g/mol. The van der Waals surface area contributed by atoms with Gasteiger partial charge in [0.1, 0.15) is 18.8 Å². The lowest BCUT2D eigenvalue weighted by Gasteiger charge is -2.09. The Labute approximate surface area is 150 Å². The highest BCUT2D eigenvalue weighted by molar-refractivity contribution is 7.89. The number of hydrogen-bond acceptors (Lipinski definition) is 7. The number of esters is 1. The summed E-state index contributed by atoms with van der Waals surface area (Å²) in [6.45, 7) is 1.27. The molecule has 0 aliphatic carbocycles. The van der Waals surface area contributed by atoms with Crippen molar-refractivity contribution in [3.8, 4) is 0 Å². The molecule has 0 saturated heterocycles. The number of nitro groups is 1. The Morgan fingerprint density at radius 2 is 1.96 bits per heavy atom. The van der Waals surface area contributed by atoms with E-state index >= 15 is 0 Å². The minimum atomic E-state index is -4.13. The van der Waals surface area contributed by atoms with Gasteiger partial charge in [0.15, 0.2) is 0 Å². The Balaban J connectivity index is 1.99. The fourth-order valence-corrected chi connectivity index (χ4v) is 3.06. The van der Waals surface area contributed by atoms with Crippen molar-refractivity contribution in [2.45, 2.75) is 18.4 Å². The lowest BCUT2D eigenvalue weighted by molar-refractivity contribution is -0.384. The lowest BCUT2D eigenvalue weighted by atomic mass is 10.1. The minimum absolute atomic E-state index is 0.0145. The molecule has 0 bridgehead atoms. The Hall–Kier alpha value is -2.98. The van der Waals surface area contributed by atoms with E-state index < -0.39 is 33.1 Å². The summed E-state index contributed by atoms with van der Waals surface area (Å²) in [6, 6.07) is 10.4. The molecule has 0 amide bonds. The van der Waals surface area contributed by atoms with E-state index in [4.69, 9.17) is 10.5 Å². The van der Waals surface area contributed by atoms with E-state index in [0.29, 0.717) is 0 Å². The molecule has 0 heterocycles. The Morgan fingerprint density at radius 1 is 1.27 bits per heavy atom. The number of nitrogens with one attached hydrogen (secondary N) is 1. The number of ether oxygens (including phenoxy) is 1. The molecule has 0 aromatic heterocycles. The third-order valence-electron chi connectivity index (χ3n) is 3.57. The van der Waals surface area contributed by atoms with Gasteiger partial charge < -0.3 is 10.5 Å². The number of nitrogen functional groups attached to an aromatic ring is 1. The van der Waals surface area contributed by atoms with Crippen molar-refractivity contribution in [3.05, 3.63) is 63.7 Å². The molecule has 0 aliphatic rings. The molecule has 26 heavy (non-hydrogen) atoms. The average Bonchev–Trinajstić information content (AvgIpc) is 2.59. The van der Waals surface area contributed by atoms with Crippen LogP contribution in [-0.4, -0.2) is 25.9 Å². The molecule has 2 aromatic rings. The number of carbonyl (C=O) groups is 1. The van der Waals surface area contributed by atoms with Crippen molar-refractivity contribution in [2.75, 3.05) is 12.3 Å². The fraction of sp³-hybridized carbons (Fsp3) is 0.188. The molecular formula is C16H17N3O6S. The molecule has 2 rings (SSSR count). The van der Waals surface area contributed by atoms with Crippen LogP contribution in [0.4, 0.5) is 11.4 Å². The number of nitrogens with zero attached hydrogens (tertiary/aromatic N) is 1. The number of carbonyl (C=O) groups excluding carboxylic acids is 1. The highest BCUT2D eigenvalue weighted by atomic mass is 32.2. The number of benzene rings is 2. The molecule has 0 unspecified atom stereocenters. The maximum Gasteiger partial charge on any atom is 0.321 e. The van der Waals surface area contributed by atoms with E-state index in [0.717, 1.165) is 29.3 Å². The van der Waals surface area contributed by atoms with Gasteiger partial charge in [0, 0.05) is 6.07 Å². The van der Waals surface area contributed by atoms with Crippen LogP contribution >= 0.6 is 0 Å². The predicted octanol–water partition coefficient (Wildman–Crippen LogP) is 1.51. The van der Waals surface area contributed by atoms with Crippen molar-refractivity contribution >= 4 is 27.4 Å². The molecule has 0 spiro atoms. The Kier molecular flexibility index (Phi) is 5.90. The summed E-state index contributed by atoms with van der Waals surface area (Å²) in [5.41, 5.74) is 6.48. The average molecular weight is 379 g/mol. The van der Waals surface area contributed by atoms with E-state index in [1.165, 1.54) is 0 Å². The van der Waals surface area contributed by atoms with E-state index in [1.54, 1.807) is 12.1 Å². The highest BCUT2D eigenvalue weighted by Gasteiger charge is 2.21. The molecule has 0 saturated carbocycles. The van der Waals surface area contributed by atoms with Gasteiger partial charge in [-0.15, -0.1) is 0 Å². The highest BCUT2D eigenvalue weighted by Crippen LogP contribution is 2.24. The number of rotatable bonds is 7. The summed E-state index contributed by atoms with van der Waals surface area (Å²) in [6.07, 6.45) is 0. The topological polar surface area (TPSA) is 142 Å². The van der Waals surface area contributed by atoms with Gasteiger partial charge in [0.25, 0.3) is 5.69 Å². The van der Waals surface area contributed by atoms with Gasteiger partial charge in [-0.05, 0) is 30.2 Å². The fourth-order valence-electron chi connectivity index (χ4n) is 2.07. The van der Waals surface area contributed by atoms with Gasteiger partial charge >= 0.3 is 5.97 Å². The number of nitrogens with two attached hydrogens (primary N) is 1. The summed E-state index contributed by atoms with van der Waals surface area (Å²) in [5, 5.41) is 10.9. The summed E-state index contributed by atoms with van der Waals surface area (Å²) < 4.78 is 31.4. The lowest BCUT2D eigenvalue weighted by Crippen LogP contribution is -2.30. The van der Waals surface area contributed by atoms with E-state index in [2.05, 4.69) is 0 Å². The molecule has 2 aromatic carbocycles. The maximum atomic E-state index is 12.2. The van der Waals surface area contributed by atoms with Crippen molar-refractivity contribution in [3.63, 3.8) is 0 Å². The first-order valence-electron chi connectivity index (χ1n) is 7.44. The molecule has 9 nitrogen and oxygen atoms in total. The molecule has 138 valence electrons. The molecule has 0 fully saturated rings. The van der Waals surface area contributed by atoms with Crippen LogP contribution in [0.15, 0.2) is 47.4 Å². The first-order chi connectivity index (χ1) is 12.2. The second-order valence-corrected chi connectivity index (χ2v) is 7.16. The van der Waals surface area contributed by atoms with Crippen LogP contribution in [0, 0.1) is 17.0 Å². The van der Waals surface area contributed by atoms with Gasteiger partial charge in [-0.25, -0.2) is 8.42 Å². The van der Waals surface area contributed by atoms with Crippen LogP contribution in [-0.2, 0) is 26.2 Å². The number of nitro benzene ring substituents is 1. The van der Waals surface area contributed by atoms with Crippen LogP contribution < -0.4 is 10.5 Å². The quantitative estimate of drug-likeness (QED) is 0.321. The number of hydrogen-bond donors (Lipinski definition) is 2. The molecule has 3 N–H and O–H groups in total. The molecule has 0 aliphatic heterocycles. The Bertz CT molecular complexity index is 943. The SMILES string of the molecule is Cc1ccccc1COC(=O)CNS(=O)(=O)c1ccc(N)c([N+](=O)[O-])c1. The van der Waals surface area contributed by atoms with E-state index in [1.807, 2.05) is 23.8 Å². The standard InChI is InChI=1S/C16H17N3O6S/c1-11-4-2-3-5-12(11)10-25-16(20)9-18-26(23,24)13-6-7-14(17)15(8-13)19(21)22/h2-8,18H,9-10,17H2,1H3. The van der Waals surface area contributed by atoms with Crippen molar-refractivity contribution in [1.29, 1.82) is 0 Å². The van der Waals surface area contributed by atoms with Crippen LogP contribution in [0.2, 0.25) is 0 Å². The summed E-state index contributed by atoms with van der Waals surface area (Å²) in [7, 11) is -4.13. The van der Waals surface area contributed by atoms with Crippen LogP contribution in [0.1, 0.15) is 11.1 Å².